The number of rotatable bonds is 14. The molecule has 11 heteroatoms. The maximum absolute atomic E-state index is 13.9. The van der Waals surface area contributed by atoms with Gasteiger partial charge in [0.15, 0.2) is 6.61 Å². The van der Waals surface area contributed by atoms with E-state index in [0.717, 1.165) is 23.3 Å². The Labute approximate surface area is 284 Å². The largest absolute Gasteiger partial charge is 0.484 e. The molecule has 2 amide bonds. The molecule has 0 fully saturated rings. The Hall–Kier alpha value is -5.19. The van der Waals surface area contributed by atoms with Crippen molar-refractivity contribution in [3.05, 3.63) is 161 Å². The molecule has 5 aromatic carbocycles. The van der Waals surface area contributed by atoms with Gasteiger partial charge in [0.25, 0.3) is 15.9 Å². The van der Waals surface area contributed by atoms with Crippen LogP contribution in [0.5, 0.6) is 5.75 Å². The minimum Gasteiger partial charge on any atom is -0.484 e. The van der Waals surface area contributed by atoms with Crippen molar-refractivity contribution in [3.63, 3.8) is 0 Å². The standard InChI is InChI=1S/C37H33ClFN3O5S/c38-30-13-11-28(12-14-30)25-42(36(29-9-5-2-6-10-29)37(44)40-24-23-27-7-3-1-4-8-27)35(43)26-47-33-19-21-34(22-20-33)48(45,46)41-32-17-15-31(39)16-18-32/h1-22,36,41H,23-26H2,(H,40,44)/t36-/m0/s1. The van der Waals surface area contributed by atoms with Crippen LogP contribution >= 0.6 is 11.6 Å². The number of hydrogen-bond donors (Lipinski definition) is 2. The van der Waals surface area contributed by atoms with Crippen molar-refractivity contribution < 1.29 is 27.1 Å². The third kappa shape index (κ3) is 9.43. The Morgan fingerprint density at radius 1 is 0.771 bits per heavy atom. The first-order valence-electron chi connectivity index (χ1n) is 15.1. The average molecular weight is 686 g/mol. The summed E-state index contributed by atoms with van der Waals surface area (Å²) >= 11 is 6.11. The molecule has 0 spiro atoms. The quantitative estimate of drug-likeness (QED) is 0.134. The topological polar surface area (TPSA) is 105 Å². The number of hydrogen-bond acceptors (Lipinski definition) is 5. The molecular weight excluding hydrogens is 653 g/mol. The Morgan fingerprint density at radius 2 is 1.40 bits per heavy atom. The van der Waals surface area contributed by atoms with E-state index in [1.807, 2.05) is 48.5 Å². The zero-order valence-corrected chi connectivity index (χ0v) is 27.3. The Balaban J connectivity index is 1.33. The monoisotopic (exact) mass is 685 g/mol. The zero-order valence-electron chi connectivity index (χ0n) is 25.8. The number of amides is 2. The summed E-state index contributed by atoms with van der Waals surface area (Å²) in [6.45, 7) is 0.0440. The van der Waals surface area contributed by atoms with Crippen LogP contribution in [0.1, 0.15) is 22.7 Å². The molecule has 0 aliphatic heterocycles. The molecule has 0 saturated carbocycles. The highest BCUT2D eigenvalue weighted by Gasteiger charge is 2.32. The Morgan fingerprint density at radius 3 is 2.04 bits per heavy atom. The lowest BCUT2D eigenvalue weighted by molar-refractivity contribution is -0.143. The van der Waals surface area contributed by atoms with Crippen molar-refractivity contribution >= 4 is 39.1 Å². The molecule has 1 atom stereocenters. The van der Waals surface area contributed by atoms with Gasteiger partial charge < -0.3 is 15.0 Å². The molecule has 0 bridgehead atoms. The third-order valence-electron chi connectivity index (χ3n) is 7.41. The molecule has 246 valence electrons. The van der Waals surface area contributed by atoms with Gasteiger partial charge in [-0.1, -0.05) is 84.4 Å². The zero-order chi connectivity index (χ0) is 33.9. The number of carbonyl (C=O) groups is 2. The number of halogens is 2. The van der Waals surface area contributed by atoms with E-state index in [1.165, 1.54) is 41.3 Å². The van der Waals surface area contributed by atoms with Crippen LogP contribution in [0.2, 0.25) is 5.02 Å². The van der Waals surface area contributed by atoms with Crippen LogP contribution in [0.25, 0.3) is 0 Å². The van der Waals surface area contributed by atoms with Gasteiger partial charge in [-0.3, -0.25) is 14.3 Å². The minimum atomic E-state index is -3.96. The van der Waals surface area contributed by atoms with Crippen LogP contribution in [-0.4, -0.2) is 38.3 Å². The highest BCUT2D eigenvalue weighted by Crippen LogP contribution is 2.26. The van der Waals surface area contributed by atoms with Crippen molar-refractivity contribution in [2.75, 3.05) is 17.9 Å². The van der Waals surface area contributed by atoms with Gasteiger partial charge in [0.1, 0.15) is 17.6 Å². The second kappa shape index (κ2) is 16.1. The number of anilines is 1. The van der Waals surface area contributed by atoms with Gasteiger partial charge in [-0.25, -0.2) is 12.8 Å². The van der Waals surface area contributed by atoms with E-state index < -0.39 is 34.4 Å². The lowest BCUT2D eigenvalue weighted by atomic mass is 10.0. The van der Waals surface area contributed by atoms with Crippen molar-refractivity contribution in [1.82, 2.24) is 10.2 Å². The van der Waals surface area contributed by atoms with Gasteiger partial charge in [-0.2, -0.15) is 0 Å². The molecule has 2 N–H and O–H groups in total. The van der Waals surface area contributed by atoms with Crippen molar-refractivity contribution in [2.24, 2.45) is 0 Å². The second-order valence-electron chi connectivity index (χ2n) is 10.9. The lowest BCUT2D eigenvalue weighted by Crippen LogP contribution is -2.45. The van der Waals surface area contributed by atoms with E-state index in [-0.39, 0.29) is 28.8 Å². The van der Waals surface area contributed by atoms with Gasteiger partial charge >= 0.3 is 0 Å². The SMILES string of the molecule is O=C(NCCc1ccccc1)[C@H](c1ccccc1)N(Cc1ccc(Cl)cc1)C(=O)COc1ccc(S(=O)(=O)Nc2ccc(F)cc2)cc1. The van der Waals surface area contributed by atoms with Crippen molar-refractivity contribution in [2.45, 2.75) is 23.9 Å². The fourth-order valence-electron chi connectivity index (χ4n) is 4.96. The molecule has 8 nitrogen and oxygen atoms in total. The van der Waals surface area contributed by atoms with E-state index in [9.17, 15) is 22.4 Å². The molecule has 0 radical (unpaired) electrons. The van der Waals surface area contributed by atoms with E-state index in [2.05, 4.69) is 10.0 Å². The number of benzene rings is 5. The van der Waals surface area contributed by atoms with Crippen LogP contribution in [-0.2, 0) is 32.6 Å². The summed E-state index contributed by atoms with van der Waals surface area (Å²) < 4.78 is 47.1. The lowest BCUT2D eigenvalue weighted by Gasteiger charge is -2.31. The van der Waals surface area contributed by atoms with Crippen LogP contribution in [0.3, 0.4) is 0 Å². The summed E-state index contributed by atoms with van der Waals surface area (Å²) in [4.78, 5) is 29.2. The molecule has 0 aliphatic carbocycles. The molecular formula is C37H33ClFN3O5S. The highest BCUT2D eigenvalue weighted by molar-refractivity contribution is 7.92. The fourth-order valence-corrected chi connectivity index (χ4v) is 6.15. The maximum atomic E-state index is 13.9. The van der Waals surface area contributed by atoms with Crippen LogP contribution in [0, 0.1) is 5.82 Å². The number of carbonyl (C=O) groups excluding carboxylic acids is 2. The van der Waals surface area contributed by atoms with E-state index in [0.29, 0.717) is 23.6 Å². The van der Waals surface area contributed by atoms with E-state index in [1.54, 1.807) is 36.4 Å². The highest BCUT2D eigenvalue weighted by atomic mass is 35.5. The predicted octanol–water partition coefficient (Wildman–Crippen LogP) is 6.79. The molecule has 48 heavy (non-hydrogen) atoms. The number of nitrogens with one attached hydrogen (secondary N) is 2. The van der Waals surface area contributed by atoms with Crippen molar-refractivity contribution in [1.29, 1.82) is 0 Å². The van der Waals surface area contributed by atoms with Gasteiger partial charge in [-0.15, -0.1) is 0 Å². The first-order chi connectivity index (χ1) is 23.2. The average Bonchev–Trinajstić information content (AvgIpc) is 3.10. The number of ether oxygens (including phenoxy) is 1. The molecule has 0 aliphatic rings. The van der Waals surface area contributed by atoms with E-state index >= 15 is 0 Å². The number of nitrogens with zero attached hydrogens (tertiary/aromatic N) is 1. The summed E-state index contributed by atoms with van der Waals surface area (Å²) in [5.74, 6) is -1.05. The first-order valence-corrected chi connectivity index (χ1v) is 17.0. The smallest absolute Gasteiger partial charge is 0.261 e. The second-order valence-corrected chi connectivity index (χ2v) is 13.0. The van der Waals surface area contributed by atoms with Gasteiger partial charge in [-0.05, 0) is 83.8 Å². The molecule has 5 aromatic rings. The first kappa shape index (κ1) is 34.2. The maximum Gasteiger partial charge on any atom is 0.261 e. The molecule has 0 saturated heterocycles. The van der Waals surface area contributed by atoms with Gasteiger partial charge in [0, 0.05) is 23.8 Å². The Bertz CT molecular complexity index is 1910. The summed E-state index contributed by atoms with van der Waals surface area (Å²) in [6, 6.07) is 35.3. The van der Waals surface area contributed by atoms with Gasteiger partial charge in [0.05, 0.1) is 4.90 Å². The van der Waals surface area contributed by atoms with Crippen molar-refractivity contribution in [3.8, 4) is 5.75 Å². The summed E-state index contributed by atoms with van der Waals surface area (Å²) in [6.07, 6.45) is 0.619. The molecule has 0 aromatic heterocycles. The van der Waals surface area contributed by atoms with Crippen LogP contribution in [0.15, 0.2) is 138 Å². The summed E-state index contributed by atoms with van der Waals surface area (Å²) in [7, 11) is -3.96. The normalized spacial score (nSPS) is 11.7. The Kier molecular flexibility index (Phi) is 11.4. The summed E-state index contributed by atoms with van der Waals surface area (Å²) in [5, 5.41) is 3.54. The van der Waals surface area contributed by atoms with E-state index in [4.69, 9.17) is 16.3 Å². The molecule has 5 rings (SSSR count). The fraction of sp³-hybridized carbons (Fsp3) is 0.135. The molecule has 0 unspecified atom stereocenters. The third-order valence-corrected chi connectivity index (χ3v) is 9.06. The number of sulfonamides is 1. The van der Waals surface area contributed by atoms with Crippen LogP contribution in [0.4, 0.5) is 10.1 Å². The van der Waals surface area contributed by atoms with Crippen LogP contribution < -0.4 is 14.8 Å². The van der Waals surface area contributed by atoms with Gasteiger partial charge in [0.2, 0.25) is 5.91 Å². The minimum absolute atomic E-state index is 0.0498. The molecule has 0 heterocycles. The predicted molar refractivity (Wildman–Crippen MR) is 183 cm³/mol. The summed E-state index contributed by atoms with van der Waals surface area (Å²) in [5.41, 5.74) is 2.66.